The maximum absolute atomic E-state index is 13.8. The number of amides is 2. The number of sulfonamides is 5. The molecule has 0 bridgehead atoms. The summed E-state index contributed by atoms with van der Waals surface area (Å²) in [6, 6.07) is 28.5. The molecule has 17 rings (SSSR count). The number of imidazole rings is 1. The molecule has 2 amide bonds. The topological polar surface area (TPSA) is 443 Å². The third kappa shape index (κ3) is 25.0. The number of likely N-dealkylation sites (N-methyl/N-ethyl adjacent to an activating group) is 2. The average molecular weight is 2060 g/mol. The van der Waals surface area contributed by atoms with Gasteiger partial charge in [0, 0.05) is 175 Å². The van der Waals surface area contributed by atoms with E-state index in [1.807, 2.05) is 72.3 Å². The van der Waals surface area contributed by atoms with Gasteiger partial charge in [-0.1, -0.05) is 73.2 Å². The van der Waals surface area contributed by atoms with Gasteiger partial charge in [0.25, 0.3) is 0 Å². The minimum atomic E-state index is -4.01. The second kappa shape index (κ2) is 46.0. The molecule has 12 heterocycles. The van der Waals surface area contributed by atoms with Gasteiger partial charge in [0.1, 0.15) is 40.6 Å². The van der Waals surface area contributed by atoms with Crippen LogP contribution >= 0.6 is 0 Å². The predicted molar refractivity (Wildman–Crippen MR) is 536 cm³/mol. The number of benzene rings is 5. The number of carbonyl (C=O) groups is 7. The number of rotatable bonds is 28. The smallest absolute Gasteiger partial charge is 0.245 e. The van der Waals surface area contributed by atoms with Crippen LogP contribution in [0.2, 0.25) is 0 Å². The SMILES string of the molecule is CC(=O)c1ccc(S(=O)(=O)N2C(CC3=CCC=N3)C(=O)NC23CCNCC3)cc1.CC(=O)c1ccc(S(=O)(=O)N2C(CCCCN(C)C)COC23CCN(C)CC3)cc1.CC(=O)c1ccc(S(=O)(=O)N2C(Cc3cnc[nH]3)C(=O)NC23CCN(C)CC3)cc1.CC(=O)c1ccc(S(=O)(=O)N2CC(CN(C)C)OC23CCN(C)CC3)cc1.CC(=O)c1ccc(S(=O)(=O)N2CC(CN(C)C)OC23CCNCC3)cc1. The summed E-state index contributed by atoms with van der Waals surface area (Å²) in [6.45, 7) is 18.0. The Labute approximate surface area is 836 Å². The van der Waals surface area contributed by atoms with Crippen molar-refractivity contribution < 1.29 is 89.9 Å². The summed E-state index contributed by atoms with van der Waals surface area (Å²) in [5.74, 6) is -1.11. The van der Waals surface area contributed by atoms with Crippen molar-refractivity contribution in [1.82, 2.24) is 82.2 Å². The molecule has 5 N–H and O–H groups in total. The highest BCUT2D eigenvalue weighted by Gasteiger charge is 2.61. The van der Waals surface area contributed by atoms with E-state index >= 15 is 0 Å². The lowest BCUT2D eigenvalue weighted by atomic mass is 9.98. The van der Waals surface area contributed by atoms with Gasteiger partial charge in [-0.15, -0.1) is 0 Å². The number of ketones is 5. The fourth-order valence-corrected chi connectivity index (χ4v) is 29.9. The van der Waals surface area contributed by atoms with Crippen molar-refractivity contribution in [2.24, 2.45) is 4.99 Å². The first-order chi connectivity index (χ1) is 67.1. The average Bonchev–Trinajstić information content (AvgIpc) is 1.55. The van der Waals surface area contributed by atoms with Crippen LogP contribution in [0.25, 0.3) is 0 Å². The molecule has 11 aliphatic heterocycles. The van der Waals surface area contributed by atoms with E-state index in [-0.39, 0.29) is 96.3 Å². The van der Waals surface area contributed by atoms with E-state index in [9.17, 15) is 75.7 Å². The summed E-state index contributed by atoms with van der Waals surface area (Å²) in [6.07, 6.45) is 16.2. The van der Waals surface area contributed by atoms with Crippen LogP contribution in [-0.2, 0) is 80.3 Å². The summed E-state index contributed by atoms with van der Waals surface area (Å²) < 4.78 is 162. The van der Waals surface area contributed by atoms with Gasteiger partial charge in [0.05, 0.1) is 55.7 Å². The molecular weight excluding hydrogens is 1920 g/mol. The van der Waals surface area contributed by atoms with Crippen molar-refractivity contribution in [2.75, 3.05) is 168 Å². The zero-order valence-corrected chi connectivity index (χ0v) is 88.0. The third-order valence-electron chi connectivity index (χ3n) is 28.4. The van der Waals surface area contributed by atoms with Crippen molar-refractivity contribution in [1.29, 1.82) is 0 Å². The number of piperidine rings is 5. The number of aromatic nitrogens is 2. The number of nitrogens with zero attached hydrogens (tertiary/aromatic N) is 13. The van der Waals surface area contributed by atoms with E-state index in [0.717, 1.165) is 70.8 Å². The molecular formula is C99H140N18O20S5. The highest BCUT2D eigenvalue weighted by molar-refractivity contribution is 7.90. The van der Waals surface area contributed by atoms with Crippen molar-refractivity contribution in [3.05, 3.63) is 179 Å². The third-order valence-corrected chi connectivity index (χ3v) is 38.2. The second-order valence-electron chi connectivity index (χ2n) is 39.7. The molecule has 142 heavy (non-hydrogen) atoms. The molecule has 5 atom stereocenters. The number of hydrogen-bond donors (Lipinski definition) is 5. The molecule has 1 aromatic heterocycles. The number of Topliss-reactive ketones (excluding diaryl/α,β-unsaturated/α-hetero) is 5. The minimum Gasteiger partial charge on any atom is -0.358 e. The summed E-state index contributed by atoms with van der Waals surface area (Å²) in [7, 11) is -1.15. The Morgan fingerprint density at radius 2 is 0.768 bits per heavy atom. The van der Waals surface area contributed by atoms with Gasteiger partial charge in [-0.05, 0) is 230 Å². The van der Waals surface area contributed by atoms with Gasteiger partial charge in [-0.3, -0.25) is 38.6 Å². The second-order valence-corrected chi connectivity index (χ2v) is 48.9. The van der Waals surface area contributed by atoms with Gasteiger partial charge in [-0.2, -0.15) is 21.5 Å². The van der Waals surface area contributed by atoms with E-state index < -0.39 is 90.7 Å². The maximum atomic E-state index is 13.8. The number of carbonyl (C=O) groups excluding carboxylic acids is 7. The largest absolute Gasteiger partial charge is 0.358 e. The Bertz CT molecular complexity index is 6120. The molecule has 38 nitrogen and oxygen atoms in total. The zero-order valence-electron chi connectivity index (χ0n) is 83.9. The molecule has 0 radical (unpaired) electrons. The zero-order chi connectivity index (χ0) is 103. The predicted octanol–water partition coefficient (Wildman–Crippen LogP) is 6.59. The minimum absolute atomic E-state index is 0.0666. The molecule has 5 aromatic carbocycles. The summed E-state index contributed by atoms with van der Waals surface area (Å²) in [5, 5.41) is 12.5. The number of aliphatic imine (C=N–C) groups is 1. The molecule has 6 aromatic rings. The lowest BCUT2D eigenvalue weighted by molar-refractivity contribution is -0.122. The van der Waals surface area contributed by atoms with Crippen molar-refractivity contribution in [2.45, 2.75) is 221 Å². The molecule has 0 saturated carbocycles. The number of ether oxygens (including phenoxy) is 3. The fraction of sp³-hybridized carbons (Fsp3) is 0.566. The Morgan fingerprint density at radius 3 is 1.12 bits per heavy atom. The summed E-state index contributed by atoms with van der Waals surface area (Å²) in [5.41, 5.74) is -0.441. The van der Waals surface area contributed by atoms with E-state index in [1.54, 1.807) is 69.6 Å². The van der Waals surface area contributed by atoms with Gasteiger partial charge in [0.15, 0.2) is 28.9 Å². The first-order valence-electron chi connectivity index (χ1n) is 48.6. The molecule has 10 fully saturated rings. The van der Waals surface area contributed by atoms with Gasteiger partial charge in [0.2, 0.25) is 61.9 Å². The van der Waals surface area contributed by atoms with Gasteiger partial charge < -0.3 is 69.9 Å². The van der Waals surface area contributed by atoms with Crippen LogP contribution in [0.5, 0.6) is 0 Å². The monoisotopic (exact) mass is 2060 g/mol. The van der Waals surface area contributed by atoms with Crippen LogP contribution in [0.15, 0.2) is 175 Å². The summed E-state index contributed by atoms with van der Waals surface area (Å²) in [4.78, 5) is 108. The normalized spacial score (nSPS) is 23.3. The van der Waals surface area contributed by atoms with Crippen molar-refractivity contribution >= 4 is 97.1 Å². The van der Waals surface area contributed by atoms with Crippen LogP contribution in [0.4, 0.5) is 0 Å². The molecule has 776 valence electrons. The number of aromatic amines is 1. The van der Waals surface area contributed by atoms with E-state index in [1.165, 1.54) is 127 Å². The number of nitrogens with one attached hydrogen (secondary N) is 5. The maximum Gasteiger partial charge on any atom is 0.245 e. The number of allylic oxidation sites excluding steroid dienone is 1. The van der Waals surface area contributed by atoms with Gasteiger partial charge in [-0.25, -0.2) is 47.1 Å². The Morgan fingerprint density at radius 1 is 0.423 bits per heavy atom. The lowest BCUT2D eigenvalue weighted by Gasteiger charge is -2.43. The van der Waals surface area contributed by atoms with Crippen molar-refractivity contribution in [3.8, 4) is 0 Å². The Balaban J connectivity index is 0.000000149. The Hall–Kier alpha value is -8.88. The van der Waals surface area contributed by atoms with Gasteiger partial charge >= 0.3 is 0 Å². The van der Waals surface area contributed by atoms with Crippen LogP contribution in [0, 0.1) is 0 Å². The first-order valence-corrected chi connectivity index (χ1v) is 55.8. The van der Waals surface area contributed by atoms with Crippen LogP contribution in [0.3, 0.4) is 0 Å². The molecule has 5 unspecified atom stereocenters. The van der Waals surface area contributed by atoms with Crippen LogP contribution in [-0.4, -0.2) is 377 Å². The number of hydrogen-bond acceptors (Lipinski definition) is 30. The Kier molecular flexibility index (Phi) is 35.8. The number of likely N-dealkylation sites (tertiary alicyclic amines) is 3. The van der Waals surface area contributed by atoms with Crippen LogP contribution < -0.4 is 21.3 Å². The lowest BCUT2D eigenvalue weighted by Crippen LogP contribution is -2.60. The summed E-state index contributed by atoms with van der Waals surface area (Å²) >= 11 is 0. The van der Waals surface area contributed by atoms with E-state index in [2.05, 4.69) is 62.9 Å². The number of unbranched alkanes of at least 4 members (excludes halogenated alkanes) is 1. The molecule has 0 aliphatic carbocycles. The quantitative estimate of drug-likeness (QED) is 0.0255. The molecule has 11 aliphatic rings. The van der Waals surface area contributed by atoms with Crippen LogP contribution in [0.1, 0.15) is 188 Å². The standard InChI is InChI=1S/C22H35N3O4S.C20H25N5O4S.C20H24N4O4S.C19H29N3O4S.C18H27N3O4S/c1-18(26)19-8-10-21(11-9-19)30(27,28)25-20(7-5-6-14-23(2)3)17-29-22(25)12-15-24(4)16-13-22;1-14(26)15-3-5-17(6-4-15)30(28,29)25-18(11-16-12-21-13-22-16)19(27)23-20(25)7-9-24(2)10-8-20;1-14(25)15-4-6-17(7-5-15)29(27,28)24-18(13-16-3-2-10-22-16)19(26)23-20(24)8-11-21-12-9-20;1-15(23)16-5-7-18(8-6-16)27(24,25)22-14-17(13-20(2)3)26-19(22)9-11-21(4)12-10-19;1-14(22)15-4-6-17(7-5-15)26(23,24)21-13-16(12-20(2)3)25-18(21)8-10-19-11-9-18/h8-11,20H,5-7,12-17H2,1-4H3;3-6,12-13,18H,7-11H2,1-2H3,(H,21,22)(H,23,27);3-7,10,18,21H,2,8-9,11-13H2,1H3,(H,23,26);5-8,17H,9-14H2,1-4H3;4-7,16,19H,8-13H2,1-3H3. The molecule has 43 heteroatoms. The fourth-order valence-electron chi connectivity index (χ4n) is 20.6. The molecule has 5 spiro atoms. The first kappa shape index (κ1) is 110. The van der Waals surface area contributed by atoms with E-state index in [0.29, 0.717) is 163 Å². The number of H-pyrrole nitrogens is 1. The molecule has 10 saturated heterocycles. The highest BCUT2D eigenvalue weighted by Crippen LogP contribution is 2.47. The highest BCUT2D eigenvalue weighted by atomic mass is 32.2. The van der Waals surface area contributed by atoms with E-state index in [4.69, 9.17) is 14.2 Å². The van der Waals surface area contributed by atoms with Crippen molar-refractivity contribution in [3.63, 3.8) is 0 Å².